The first-order valence-electron chi connectivity index (χ1n) is 14.4. The molecule has 0 aliphatic carbocycles. The lowest BCUT2D eigenvalue weighted by molar-refractivity contribution is -0.144. The minimum Gasteiger partial charge on any atom is -0.480 e. The first kappa shape index (κ1) is 36.2. The van der Waals surface area contributed by atoms with E-state index in [1.165, 1.54) is 9.80 Å². The van der Waals surface area contributed by atoms with E-state index in [4.69, 9.17) is 15.1 Å². The van der Waals surface area contributed by atoms with E-state index >= 15 is 0 Å². The van der Waals surface area contributed by atoms with Crippen molar-refractivity contribution in [3.63, 3.8) is 0 Å². The number of aromatic nitrogens is 2. The topological polar surface area (TPSA) is 205 Å². The molecule has 0 aliphatic heterocycles. The van der Waals surface area contributed by atoms with E-state index in [9.17, 15) is 39.6 Å². The number of aryl methyl sites for hydroxylation is 2. The van der Waals surface area contributed by atoms with E-state index < -0.39 is 50.1 Å². The van der Waals surface area contributed by atoms with Gasteiger partial charge in [-0.05, 0) is 68.6 Å². The third kappa shape index (κ3) is 15.0. The van der Waals surface area contributed by atoms with Crippen LogP contribution in [0.25, 0.3) is 0 Å². The minimum absolute atomic E-state index is 0.0560. The van der Waals surface area contributed by atoms with E-state index in [2.05, 4.69) is 4.90 Å². The zero-order valence-corrected chi connectivity index (χ0v) is 25.3. The van der Waals surface area contributed by atoms with Crippen LogP contribution in [0.5, 0.6) is 0 Å². The Morgan fingerprint density at radius 2 is 0.864 bits per heavy atom. The van der Waals surface area contributed by atoms with Crippen LogP contribution < -0.4 is 0 Å². The summed E-state index contributed by atoms with van der Waals surface area (Å²) in [5.41, 5.74) is 4.35. The molecule has 0 atom stereocenters. The lowest BCUT2D eigenvalue weighted by Crippen LogP contribution is -2.34. The molecule has 0 amide bonds. The summed E-state index contributed by atoms with van der Waals surface area (Å²) in [6.45, 7) is 3.84. The number of nitrogens with zero attached hydrogens (tertiary/aromatic N) is 5. The molecule has 5 N–H and O–H groups in total. The fourth-order valence-corrected chi connectivity index (χ4v) is 4.99. The molecule has 0 fully saturated rings. The number of rotatable bonds is 22. The summed E-state index contributed by atoms with van der Waals surface area (Å²) in [6.07, 6.45) is 3.37. The number of aliphatic hydroxyl groups excluding tert-OH is 1. The summed E-state index contributed by atoms with van der Waals surface area (Å²) >= 11 is 0. The molecule has 0 saturated carbocycles. The van der Waals surface area contributed by atoms with Gasteiger partial charge in [-0.1, -0.05) is 12.8 Å². The molecule has 0 saturated heterocycles. The first-order chi connectivity index (χ1) is 20.8. The normalized spacial score (nSPS) is 11.4. The van der Waals surface area contributed by atoms with Crippen LogP contribution in [0.4, 0.5) is 0 Å². The Balaban J connectivity index is 2.29. The molecule has 2 heterocycles. The SMILES string of the molecule is Cc1cc(CN(CC(=O)O)CC(=O)O)nc(CN(CCCCCCO)Cc2cc(C)cc(CN(CC(=O)O)CC(=O)O)n2)c1. The molecule has 242 valence electrons. The van der Waals surface area contributed by atoms with Crippen LogP contribution >= 0.6 is 0 Å². The number of hydrogen-bond donors (Lipinski definition) is 5. The monoisotopic (exact) mass is 617 g/mol. The van der Waals surface area contributed by atoms with E-state index in [1.807, 2.05) is 26.0 Å². The highest BCUT2D eigenvalue weighted by atomic mass is 16.4. The van der Waals surface area contributed by atoms with Gasteiger partial charge in [-0.25, -0.2) is 0 Å². The number of carbonyl (C=O) groups is 4. The quantitative estimate of drug-likeness (QED) is 0.119. The second kappa shape index (κ2) is 18.6. The fraction of sp³-hybridized carbons (Fsp3) is 0.533. The van der Waals surface area contributed by atoms with E-state index in [0.29, 0.717) is 31.0 Å². The molecular weight excluding hydrogens is 574 g/mol. The van der Waals surface area contributed by atoms with Crippen molar-refractivity contribution in [1.29, 1.82) is 0 Å². The van der Waals surface area contributed by atoms with Gasteiger partial charge in [0, 0.05) is 32.8 Å². The van der Waals surface area contributed by atoms with Gasteiger partial charge in [-0.15, -0.1) is 0 Å². The third-order valence-electron chi connectivity index (χ3n) is 6.51. The molecule has 2 aromatic heterocycles. The zero-order chi connectivity index (χ0) is 32.6. The van der Waals surface area contributed by atoms with Gasteiger partial charge in [0.2, 0.25) is 0 Å². The Morgan fingerprint density at radius 3 is 1.18 bits per heavy atom. The average molecular weight is 618 g/mol. The average Bonchev–Trinajstić information content (AvgIpc) is 2.86. The second-order valence-corrected chi connectivity index (χ2v) is 11.0. The van der Waals surface area contributed by atoms with Gasteiger partial charge in [0.25, 0.3) is 0 Å². The molecule has 2 rings (SSSR count). The molecule has 0 unspecified atom stereocenters. The molecule has 14 heteroatoms. The largest absolute Gasteiger partial charge is 0.480 e. The number of hydrogen-bond acceptors (Lipinski definition) is 10. The van der Waals surface area contributed by atoms with Crippen molar-refractivity contribution in [1.82, 2.24) is 24.7 Å². The molecule has 44 heavy (non-hydrogen) atoms. The first-order valence-corrected chi connectivity index (χ1v) is 14.4. The highest BCUT2D eigenvalue weighted by Gasteiger charge is 2.18. The van der Waals surface area contributed by atoms with Gasteiger partial charge in [0.1, 0.15) is 0 Å². The van der Waals surface area contributed by atoms with Crippen LogP contribution in [-0.4, -0.2) is 113 Å². The Hall–Kier alpha value is -3.98. The Labute approximate surface area is 256 Å². The van der Waals surface area contributed by atoms with Gasteiger partial charge >= 0.3 is 23.9 Å². The predicted molar refractivity (Wildman–Crippen MR) is 159 cm³/mol. The second-order valence-electron chi connectivity index (χ2n) is 11.0. The Kier molecular flexibility index (Phi) is 15.3. The summed E-state index contributed by atoms with van der Waals surface area (Å²) in [5.74, 6) is -4.53. The highest BCUT2D eigenvalue weighted by Crippen LogP contribution is 2.16. The van der Waals surface area contributed by atoms with Crippen molar-refractivity contribution in [3.05, 3.63) is 58.2 Å². The van der Waals surface area contributed by atoms with Crippen LogP contribution in [0.15, 0.2) is 24.3 Å². The molecule has 0 aromatic carbocycles. The van der Waals surface area contributed by atoms with Gasteiger partial charge in [0.05, 0.1) is 49.0 Å². The van der Waals surface area contributed by atoms with Crippen molar-refractivity contribution < 1.29 is 44.7 Å². The molecule has 14 nitrogen and oxygen atoms in total. The lowest BCUT2D eigenvalue weighted by Gasteiger charge is -2.24. The smallest absolute Gasteiger partial charge is 0.317 e. The fourth-order valence-electron chi connectivity index (χ4n) is 4.99. The molecule has 0 bridgehead atoms. The Morgan fingerprint density at radius 1 is 0.545 bits per heavy atom. The van der Waals surface area contributed by atoms with Crippen molar-refractivity contribution in [2.24, 2.45) is 0 Å². The van der Waals surface area contributed by atoms with Crippen LogP contribution in [0.1, 0.15) is 59.6 Å². The van der Waals surface area contributed by atoms with Crippen LogP contribution in [0.2, 0.25) is 0 Å². The molecule has 0 radical (unpaired) electrons. The van der Waals surface area contributed by atoms with E-state index in [1.54, 1.807) is 12.1 Å². The van der Waals surface area contributed by atoms with Crippen LogP contribution in [0.3, 0.4) is 0 Å². The number of aliphatic carboxylic acids is 4. The van der Waals surface area contributed by atoms with Gasteiger partial charge in [-0.2, -0.15) is 0 Å². The maximum absolute atomic E-state index is 11.3. The summed E-state index contributed by atoms with van der Waals surface area (Å²) in [4.78, 5) is 59.2. The van der Waals surface area contributed by atoms with Gasteiger partial charge in [-0.3, -0.25) is 43.8 Å². The van der Waals surface area contributed by atoms with E-state index in [-0.39, 0.29) is 19.7 Å². The number of aliphatic hydroxyl groups is 1. The summed E-state index contributed by atoms with van der Waals surface area (Å²) in [7, 11) is 0. The maximum Gasteiger partial charge on any atom is 0.317 e. The van der Waals surface area contributed by atoms with Crippen LogP contribution in [-0.2, 0) is 45.4 Å². The summed E-state index contributed by atoms with van der Waals surface area (Å²) < 4.78 is 0. The lowest BCUT2D eigenvalue weighted by atomic mass is 10.1. The van der Waals surface area contributed by atoms with E-state index in [0.717, 1.165) is 48.2 Å². The summed E-state index contributed by atoms with van der Waals surface area (Å²) in [5, 5.41) is 46.0. The number of carboxylic acids is 4. The number of carboxylic acid groups (broad SMARTS) is 4. The van der Waals surface area contributed by atoms with Crippen LogP contribution in [0, 0.1) is 13.8 Å². The predicted octanol–water partition coefficient (Wildman–Crippen LogP) is 1.59. The summed E-state index contributed by atoms with van der Waals surface area (Å²) in [6, 6.07) is 7.44. The standard InChI is InChI=1S/C30H43N5O9/c1-21-9-23(31-25(11-21)15-34(17-27(37)38)18-28(39)40)13-33(7-5-3-4-6-8-36)14-24-10-22(2)12-26(32-24)16-35(19-29(41)42)20-30(43)44/h9-12,36H,3-8,13-20H2,1-2H3,(H,37,38)(H,39,40)(H,41,42)(H,43,44). The van der Waals surface area contributed by atoms with Crippen molar-refractivity contribution in [2.45, 2.75) is 65.7 Å². The molecule has 2 aromatic rings. The van der Waals surface area contributed by atoms with Crippen molar-refractivity contribution >= 4 is 23.9 Å². The molecule has 0 spiro atoms. The van der Waals surface area contributed by atoms with Gasteiger partial charge in [0.15, 0.2) is 0 Å². The highest BCUT2D eigenvalue weighted by molar-refractivity contribution is 5.73. The zero-order valence-electron chi connectivity index (χ0n) is 25.3. The maximum atomic E-state index is 11.3. The Bertz CT molecular complexity index is 1150. The van der Waals surface area contributed by atoms with Crippen molar-refractivity contribution in [2.75, 3.05) is 39.3 Å². The van der Waals surface area contributed by atoms with Crippen molar-refractivity contribution in [3.8, 4) is 0 Å². The number of unbranched alkanes of at least 4 members (excludes halogenated alkanes) is 3. The minimum atomic E-state index is -1.13. The molecular formula is C30H43N5O9. The third-order valence-corrected chi connectivity index (χ3v) is 6.51. The molecule has 0 aliphatic rings. The number of pyridine rings is 2. The van der Waals surface area contributed by atoms with Gasteiger partial charge < -0.3 is 25.5 Å².